The maximum absolute atomic E-state index is 12.0. The number of nitrogens with zero attached hydrogens (tertiary/aromatic N) is 1. The number of carbonyl (C=O) groups excluding carboxylic acids is 1. The molecule has 0 saturated carbocycles. The zero-order valence-electron chi connectivity index (χ0n) is 12.1. The number of nitrogens with one attached hydrogen (secondary N) is 1. The van der Waals surface area contributed by atoms with Gasteiger partial charge in [0.05, 0.1) is 5.56 Å². The van der Waals surface area contributed by atoms with Crippen LogP contribution in [0.1, 0.15) is 32.1 Å². The van der Waals surface area contributed by atoms with E-state index < -0.39 is 5.97 Å². The van der Waals surface area contributed by atoms with Crippen molar-refractivity contribution in [2.24, 2.45) is 7.05 Å². The largest absolute Gasteiger partial charge is 0.478 e. The van der Waals surface area contributed by atoms with Gasteiger partial charge in [0.2, 0.25) is 0 Å². The van der Waals surface area contributed by atoms with Crippen LogP contribution < -0.4 is 5.32 Å². The smallest absolute Gasteiger partial charge is 0.335 e. The van der Waals surface area contributed by atoms with Crippen molar-refractivity contribution < 1.29 is 14.7 Å². The summed E-state index contributed by atoms with van der Waals surface area (Å²) in [6, 6.07) is 10.4. The van der Waals surface area contributed by atoms with Gasteiger partial charge >= 0.3 is 5.97 Å². The van der Waals surface area contributed by atoms with E-state index >= 15 is 0 Å². The number of aromatic nitrogens is 1. The predicted molar refractivity (Wildman–Crippen MR) is 79.6 cm³/mol. The van der Waals surface area contributed by atoms with E-state index in [1.165, 1.54) is 0 Å². The van der Waals surface area contributed by atoms with Crippen molar-refractivity contribution in [1.82, 2.24) is 9.88 Å². The van der Waals surface area contributed by atoms with Crippen LogP contribution >= 0.6 is 0 Å². The van der Waals surface area contributed by atoms with E-state index in [1.54, 1.807) is 30.3 Å². The second-order valence-corrected chi connectivity index (χ2v) is 4.93. The lowest BCUT2D eigenvalue weighted by Crippen LogP contribution is -2.27. The molecule has 0 atom stereocenters. The lowest BCUT2D eigenvalue weighted by Gasteiger charge is -2.07. The highest BCUT2D eigenvalue weighted by Crippen LogP contribution is 2.07. The van der Waals surface area contributed by atoms with Gasteiger partial charge in [-0.25, -0.2) is 4.79 Å². The third kappa shape index (κ3) is 3.51. The Labute approximate surface area is 123 Å². The molecule has 0 bridgehead atoms. The number of aromatic carboxylic acids is 1. The second kappa shape index (κ2) is 6.26. The zero-order valence-corrected chi connectivity index (χ0v) is 12.1. The molecule has 0 saturated heterocycles. The fraction of sp³-hybridized carbons (Fsp3) is 0.250. The van der Waals surface area contributed by atoms with E-state index in [9.17, 15) is 9.59 Å². The summed E-state index contributed by atoms with van der Waals surface area (Å²) in [6.07, 6.45) is 0.662. The van der Waals surface area contributed by atoms with Crippen molar-refractivity contribution in [3.05, 3.63) is 58.9 Å². The average molecular weight is 286 g/mol. The molecule has 0 aliphatic rings. The first-order chi connectivity index (χ1) is 9.99. The summed E-state index contributed by atoms with van der Waals surface area (Å²) in [7, 11) is 1.86. The van der Waals surface area contributed by atoms with E-state index in [0.717, 1.165) is 11.3 Å². The van der Waals surface area contributed by atoms with Crippen molar-refractivity contribution >= 4 is 11.9 Å². The minimum atomic E-state index is -0.936. The molecule has 110 valence electrons. The standard InChI is InChI=1S/C16H18N2O3/c1-11-3-8-14(18(11)2)15(19)17-10-9-12-4-6-13(7-5-12)16(20)21/h3-8H,9-10H2,1-2H3,(H,17,19)(H,20,21). The quantitative estimate of drug-likeness (QED) is 0.883. The first kappa shape index (κ1) is 14.8. The number of hydrogen-bond donors (Lipinski definition) is 2. The minimum Gasteiger partial charge on any atom is -0.478 e. The number of rotatable bonds is 5. The van der Waals surface area contributed by atoms with Crippen LogP contribution in [-0.4, -0.2) is 28.1 Å². The molecular formula is C16H18N2O3. The summed E-state index contributed by atoms with van der Waals surface area (Å²) in [5.74, 6) is -1.04. The van der Waals surface area contributed by atoms with Crippen LogP contribution in [0.25, 0.3) is 0 Å². The number of carboxylic acid groups (broad SMARTS) is 1. The Bertz CT molecular complexity index is 657. The molecule has 1 heterocycles. The fourth-order valence-corrected chi connectivity index (χ4v) is 2.07. The molecule has 21 heavy (non-hydrogen) atoms. The van der Waals surface area contributed by atoms with Gasteiger partial charge in [-0.15, -0.1) is 0 Å². The van der Waals surface area contributed by atoms with Crippen molar-refractivity contribution in [3.8, 4) is 0 Å². The van der Waals surface area contributed by atoms with E-state index in [0.29, 0.717) is 18.7 Å². The molecule has 0 aliphatic heterocycles. The van der Waals surface area contributed by atoms with Gasteiger partial charge in [-0.1, -0.05) is 12.1 Å². The van der Waals surface area contributed by atoms with E-state index in [1.807, 2.05) is 24.6 Å². The Hall–Kier alpha value is -2.56. The molecule has 0 radical (unpaired) electrons. The van der Waals surface area contributed by atoms with Crippen LogP contribution in [0.5, 0.6) is 0 Å². The molecule has 5 heteroatoms. The van der Waals surface area contributed by atoms with Crippen LogP contribution in [-0.2, 0) is 13.5 Å². The van der Waals surface area contributed by atoms with Gasteiger partial charge in [0.25, 0.3) is 5.91 Å². The van der Waals surface area contributed by atoms with Crippen LogP contribution in [0, 0.1) is 6.92 Å². The summed E-state index contributed by atoms with van der Waals surface area (Å²) in [6.45, 7) is 2.45. The average Bonchev–Trinajstić information content (AvgIpc) is 2.79. The van der Waals surface area contributed by atoms with Gasteiger partial charge in [-0.2, -0.15) is 0 Å². The Morgan fingerprint density at radius 2 is 1.81 bits per heavy atom. The highest BCUT2D eigenvalue weighted by molar-refractivity contribution is 5.92. The maximum atomic E-state index is 12.0. The Balaban J connectivity index is 1.88. The van der Waals surface area contributed by atoms with Crippen molar-refractivity contribution in [3.63, 3.8) is 0 Å². The highest BCUT2D eigenvalue weighted by Gasteiger charge is 2.10. The van der Waals surface area contributed by atoms with Crippen molar-refractivity contribution in [2.75, 3.05) is 6.54 Å². The zero-order chi connectivity index (χ0) is 15.4. The van der Waals surface area contributed by atoms with Gasteiger partial charge < -0.3 is 15.0 Å². The molecule has 1 aromatic carbocycles. The molecular weight excluding hydrogens is 268 g/mol. The molecule has 0 aliphatic carbocycles. The summed E-state index contributed by atoms with van der Waals surface area (Å²) < 4.78 is 1.84. The minimum absolute atomic E-state index is 0.104. The highest BCUT2D eigenvalue weighted by atomic mass is 16.4. The van der Waals surface area contributed by atoms with Crippen LogP contribution in [0.3, 0.4) is 0 Å². The van der Waals surface area contributed by atoms with Crippen molar-refractivity contribution in [2.45, 2.75) is 13.3 Å². The first-order valence-corrected chi connectivity index (χ1v) is 6.72. The number of benzene rings is 1. The molecule has 2 aromatic rings. The fourth-order valence-electron chi connectivity index (χ4n) is 2.07. The van der Waals surface area contributed by atoms with Crippen molar-refractivity contribution in [1.29, 1.82) is 0 Å². The third-order valence-corrected chi connectivity index (χ3v) is 3.51. The molecule has 2 N–H and O–H groups in total. The summed E-state index contributed by atoms with van der Waals surface area (Å²) in [5.41, 5.74) is 2.92. The molecule has 0 fully saturated rings. The molecule has 2 rings (SSSR count). The van der Waals surface area contributed by atoms with E-state index in [2.05, 4.69) is 5.32 Å². The predicted octanol–water partition coefficient (Wildman–Crippen LogP) is 2.00. The third-order valence-electron chi connectivity index (χ3n) is 3.51. The lowest BCUT2D eigenvalue weighted by molar-refractivity contribution is 0.0696. The van der Waals surface area contributed by atoms with Gasteiger partial charge in [0, 0.05) is 19.3 Å². The van der Waals surface area contributed by atoms with Gasteiger partial charge in [0.15, 0.2) is 0 Å². The van der Waals surface area contributed by atoms with Crippen LogP contribution in [0.2, 0.25) is 0 Å². The first-order valence-electron chi connectivity index (χ1n) is 6.72. The van der Waals surface area contributed by atoms with Gasteiger partial charge in [0.1, 0.15) is 5.69 Å². The molecule has 0 spiro atoms. The second-order valence-electron chi connectivity index (χ2n) is 4.93. The maximum Gasteiger partial charge on any atom is 0.335 e. The molecule has 0 unspecified atom stereocenters. The van der Waals surface area contributed by atoms with E-state index in [4.69, 9.17) is 5.11 Å². The monoisotopic (exact) mass is 286 g/mol. The number of carbonyl (C=O) groups is 2. The van der Waals surface area contributed by atoms with E-state index in [-0.39, 0.29) is 11.5 Å². The lowest BCUT2D eigenvalue weighted by atomic mass is 10.1. The van der Waals surface area contributed by atoms with Crippen LogP contribution in [0.4, 0.5) is 0 Å². The number of aryl methyl sites for hydroxylation is 1. The van der Waals surface area contributed by atoms with Gasteiger partial charge in [-0.05, 0) is 43.2 Å². The number of amides is 1. The summed E-state index contributed by atoms with van der Waals surface area (Å²) in [4.78, 5) is 22.7. The SMILES string of the molecule is Cc1ccc(C(=O)NCCc2ccc(C(=O)O)cc2)n1C. The molecule has 1 amide bonds. The Kier molecular flexibility index (Phi) is 4.42. The van der Waals surface area contributed by atoms with Crippen LogP contribution in [0.15, 0.2) is 36.4 Å². The normalized spacial score (nSPS) is 10.4. The Morgan fingerprint density at radius 3 is 2.33 bits per heavy atom. The summed E-state index contributed by atoms with van der Waals surface area (Å²) >= 11 is 0. The molecule has 1 aromatic heterocycles. The number of hydrogen-bond acceptors (Lipinski definition) is 2. The molecule has 5 nitrogen and oxygen atoms in total. The number of carboxylic acids is 1. The van der Waals surface area contributed by atoms with Gasteiger partial charge in [-0.3, -0.25) is 4.79 Å². The topological polar surface area (TPSA) is 71.3 Å². The summed E-state index contributed by atoms with van der Waals surface area (Å²) in [5, 5.41) is 11.7. The Morgan fingerprint density at radius 1 is 1.14 bits per heavy atom.